The van der Waals surface area contributed by atoms with Gasteiger partial charge < -0.3 is 9.47 Å². The second kappa shape index (κ2) is 23.0. The lowest BCUT2D eigenvalue weighted by Crippen LogP contribution is -1.99. The summed E-state index contributed by atoms with van der Waals surface area (Å²) in [4.78, 5) is 0. The van der Waals surface area contributed by atoms with Crippen LogP contribution in [0.2, 0.25) is 0 Å². The van der Waals surface area contributed by atoms with Crippen molar-refractivity contribution in [2.24, 2.45) is 0 Å². The summed E-state index contributed by atoms with van der Waals surface area (Å²) >= 11 is 0. The third-order valence-electron chi connectivity index (χ3n) is 6.36. The molecule has 0 aliphatic heterocycles. The molecule has 0 fully saturated rings. The molecule has 0 saturated heterocycles. The van der Waals surface area contributed by atoms with Gasteiger partial charge in [0.15, 0.2) is 0 Å². The average Bonchev–Trinajstić information content (AvgIpc) is 2.82. The minimum absolute atomic E-state index is 0.829. The van der Waals surface area contributed by atoms with E-state index < -0.39 is 0 Å². The molecular weight excluding hydrogens is 392 g/mol. The third-order valence-corrected chi connectivity index (χ3v) is 6.36. The van der Waals surface area contributed by atoms with Crippen LogP contribution in [-0.4, -0.2) is 13.2 Å². The van der Waals surface area contributed by atoms with Gasteiger partial charge in [-0.05, 0) is 37.1 Å². The van der Waals surface area contributed by atoms with Crippen molar-refractivity contribution in [1.29, 1.82) is 0 Å². The van der Waals surface area contributed by atoms with Crippen LogP contribution in [0, 0.1) is 0 Å². The minimum atomic E-state index is 0.829. The Morgan fingerprint density at radius 2 is 0.625 bits per heavy atom. The van der Waals surface area contributed by atoms with E-state index in [-0.39, 0.29) is 0 Å². The fourth-order valence-electron chi connectivity index (χ4n) is 4.19. The largest absolute Gasteiger partial charge is 0.494 e. The predicted octanol–water partition coefficient (Wildman–Crippen LogP) is 10.3. The lowest BCUT2D eigenvalue weighted by atomic mass is 10.1. The van der Waals surface area contributed by atoms with Crippen LogP contribution < -0.4 is 9.47 Å². The molecule has 0 amide bonds. The van der Waals surface area contributed by atoms with Crippen molar-refractivity contribution in [1.82, 2.24) is 0 Å². The van der Waals surface area contributed by atoms with Crippen molar-refractivity contribution in [2.75, 3.05) is 13.2 Å². The Bertz CT molecular complexity index is 437. The van der Waals surface area contributed by atoms with E-state index in [1.807, 2.05) is 24.3 Å². The van der Waals surface area contributed by atoms with Crippen LogP contribution in [-0.2, 0) is 0 Å². The highest BCUT2D eigenvalue weighted by atomic mass is 16.5. The van der Waals surface area contributed by atoms with Gasteiger partial charge in [0.25, 0.3) is 0 Å². The molecule has 2 nitrogen and oxygen atoms in total. The summed E-state index contributed by atoms with van der Waals surface area (Å²) in [5.74, 6) is 1.93. The van der Waals surface area contributed by atoms with E-state index in [4.69, 9.17) is 9.47 Å². The number of hydrogen-bond donors (Lipinski definition) is 0. The Morgan fingerprint density at radius 1 is 0.375 bits per heavy atom. The molecular formula is C30H54O2. The first kappa shape index (κ1) is 28.9. The Kier molecular flexibility index (Phi) is 20.7. The lowest BCUT2D eigenvalue weighted by Gasteiger charge is -2.09. The monoisotopic (exact) mass is 446 g/mol. The van der Waals surface area contributed by atoms with Crippen molar-refractivity contribution >= 4 is 0 Å². The fourth-order valence-corrected chi connectivity index (χ4v) is 4.19. The molecule has 1 aromatic rings. The topological polar surface area (TPSA) is 18.5 Å². The molecule has 2 heteroatoms. The highest BCUT2D eigenvalue weighted by molar-refractivity contribution is 5.31. The normalized spacial score (nSPS) is 11.1. The summed E-state index contributed by atoms with van der Waals surface area (Å²) in [6.45, 7) is 6.22. The molecule has 1 aromatic carbocycles. The molecule has 0 atom stereocenters. The molecule has 0 aromatic heterocycles. The second-order valence-corrected chi connectivity index (χ2v) is 9.53. The SMILES string of the molecule is CCCCCCCCCCCCOc1ccc(OCCCCCCCCCCCC)cc1. The molecule has 0 aliphatic carbocycles. The quantitative estimate of drug-likeness (QED) is 0.147. The zero-order chi connectivity index (χ0) is 23.0. The lowest BCUT2D eigenvalue weighted by molar-refractivity contribution is 0.296. The van der Waals surface area contributed by atoms with Crippen molar-refractivity contribution in [3.8, 4) is 11.5 Å². The highest BCUT2D eigenvalue weighted by Crippen LogP contribution is 2.19. The first-order valence-corrected chi connectivity index (χ1v) is 14.2. The van der Waals surface area contributed by atoms with E-state index in [0.717, 1.165) is 37.6 Å². The first-order valence-electron chi connectivity index (χ1n) is 14.2. The first-order chi connectivity index (χ1) is 15.9. The van der Waals surface area contributed by atoms with Gasteiger partial charge in [0, 0.05) is 0 Å². The van der Waals surface area contributed by atoms with Crippen LogP contribution in [0.3, 0.4) is 0 Å². The molecule has 1 rings (SSSR count). The molecule has 32 heavy (non-hydrogen) atoms. The van der Waals surface area contributed by atoms with Crippen molar-refractivity contribution in [2.45, 2.75) is 142 Å². The van der Waals surface area contributed by atoms with Gasteiger partial charge in [0.05, 0.1) is 13.2 Å². The maximum Gasteiger partial charge on any atom is 0.119 e. The summed E-state index contributed by atoms with van der Waals surface area (Å²) in [7, 11) is 0. The van der Waals surface area contributed by atoms with E-state index in [1.165, 1.54) is 116 Å². The van der Waals surface area contributed by atoms with Crippen LogP contribution >= 0.6 is 0 Å². The standard InChI is InChI=1S/C30H54O2/c1-3-5-7-9-11-13-15-17-19-21-27-31-29-23-25-30(26-24-29)32-28-22-20-18-16-14-12-10-8-6-4-2/h23-26H,3-22,27-28H2,1-2H3. The molecule has 0 spiro atoms. The molecule has 186 valence electrons. The van der Waals surface area contributed by atoms with Crippen molar-refractivity contribution in [3.63, 3.8) is 0 Å². The molecule has 0 N–H and O–H groups in total. The number of ether oxygens (including phenoxy) is 2. The predicted molar refractivity (Wildman–Crippen MR) is 141 cm³/mol. The van der Waals surface area contributed by atoms with Crippen LogP contribution in [0.5, 0.6) is 11.5 Å². The molecule has 0 bridgehead atoms. The van der Waals surface area contributed by atoms with Gasteiger partial charge in [-0.1, -0.05) is 129 Å². The maximum atomic E-state index is 5.89. The van der Waals surface area contributed by atoms with Gasteiger partial charge in [-0.3, -0.25) is 0 Å². The van der Waals surface area contributed by atoms with Gasteiger partial charge in [0.2, 0.25) is 0 Å². The van der Waals surface area contributed by atoms with E-state index in [1.54, 1.807) is 0 Å². The van der Waals surface area contributed by atoms with Gasteiger partial charge >= 0.3 is 0 Å². The van der Waals surface area contributed by atoms with Crippen molar-refractivity contribution < 1.29 is 9.47 Å². The fraction of sp³-hybridized carbons (Fsp3) is 0.800. The van der Waals surface area contributed by atoms with Crippen LogP contribution in [0.4, 0.5) is 0 Å². The number of rotatable bonds is 24. The molecule has 0 heterocycles. The highest BCUT2D eigenvalue weighted by Gasteiger charge is 1.98. The van der Waals surface area contributed by atoms with Gasteiger partial charge in [0.1, 0.15) is 11.5 Å². The summed E-state index contributed by atoms with van der Waals surface area (Å²) in [6.07, 6.45) is 27.2. The van der Waals surface area contributed by atoms with Crippen molar-refractivity contribution in [3.05, 3.63) is 24.3 Å². The van der Waals surface area contributed by atoms with E-state index >= 15 is 0 Å². The molecule has 0 unspecified atom stereocenters. The van der Waals surface area contributed by atoms with Crippen LogP contribution in [0.1, 0.15) is 142 Å². The van der Waals surface area contributed by atoms with E-state index in [0.29, 0.717) is 0 Å². The Morgan fingerprint density at radius 3 is 0.906 bits per heavy atom. The van der Waals surface area contributed by atoms with Crippen LogP contribution in [0.15, 0.2) is 24.3 Å². The number of benzene rings is 1. The molecule has 0 radical (unpaired) electrons. The molecule has 0 aliphatic rings. The Balaban J connectivity index is 1.89. The number of hydrogen-bond acceptors (Lipinski definition) is 2. The van der Waals surface area contributed by atoms with E-state index in [2.05, 4.69) is 13.8 Å². The summed E-state index contributed by atoms with van der Waals surface area (Å²) in [6, 6.07) is 8.18. The molecule has 0 saturated carbocycles. The second-order valence-electron chi connectivity index (χ2n) is 9.53. The summed E-state index contributed by atoms with van der Waals surface area (Å²) in [5, 5.41) is 0. The third kappa shape index (κ3) is 18.4. The Labute approximate surface area is 200 Å². The Hall–Kier alpha value is -1.18. The van der Waals surface area contributed by atoms with Gasteiger partial charge in [-0.15, -0.1) is 0 Å². The minimum Gasteiger partial charge on any atom is -0.494 e. The number of unbranched alkanes of at least 4 members (excludes halogenated alkanes) is 18. The van der Waals surface area contributed by atoms with Gasteiger partial charge in [-0.25, -0.2) is 0 Å². The van der Waals surface area contributed by atoms with E-state index in [9.17, 15) is 0 Å². The summed E-state index contributed by atoms with van der Waals surface area (Å²) in [5.41, 5.74) is 0. The van der Waals surface area contributed by atoms with Crippen LogP contribution in [0.25, 0.3) is 0 Å². The zero-order valence-electron chi connectivity index (χ0n) is 21.7. The summed E-state index contributed by atoms with van der Waals surface area (Å²) < 4.78 is 11.8. The smallest absolute Gasteiger partial charge is 0.119 e. The maximum absolute atomic E-state index is 5.89. The zero-order valence-corrected chi connectivity index (χ0v) is 21.7. The average molecular weight is 447 g/mol. The van der Waals surface area contributed by atoms with Gasteiger partial charge in [-0.2, -0.15) is 0 Å².